The number of nitrogens with one attached hydrogen (secondary N) is 1. The van der Waals surface area contributed by atoms with Crippen molar-refractivity contribution in [1.82, 2.24) is 24.9 Å². The van der Waals surface area contributed by atoms with E-state index in [0.717, 1.165) is 37.4 Å². The van der Waals surface area contributed by atoms with Crippen LogP contribution in [0.5, 0.6) is 0 Å². The van der Waals surface area contributed by atoms with E-state index in [0.29, 0.717) is 11.6 Å². The Labute approximate surface area is 148 Å². The number of hydrogen-bond acceptors (Lipinski definition) is 5. The Morgan fingerprint density at radius 2 is 1.92 bits per heavy atom. The largest absolute Gasteiger partial charge is 0.366 e. The monoisotopic (exact) mass is 342 g/mol. The first-order valence-electron chi connectivity index (χ1n) is 8.74. The molecule has 0 spiro atoms. The molecule has 1 fully saturated rings. The van der Waals surface area contributed by atoms with E-state index in [9.17, 15) is 4.79 Å². The lowest BCUT2D eigenvalue weighted by molar-refractivity contribution is 0.0718. The highest BCUT2D eigenvalue weighted by Crippen LogP contribution is 2.18. The molecule has 0 atom stereocenters. The summed E-state index contributed by atoms with van der Waals surface area (Å²) in [5.74, 6) is 0.853. The molecule has 2 aromatic rings. The number of carbonyl (C=O) groups is 1. The molecule has 0 aliphatic carbocycles. The Bertz CT molecular complexity index is 723. The summed E-state index contributed by atoms with van der Waals surface area (Å²) in [5, 5.41) is 15.9. The first-order chi connectivity index (χ1) is 11.8. The summed E-state index contributed by atoms with van der Waals surface area (Å²) < 4.78 is 1.84. The maximum Gasteiger partial charge on any atom is 0.257 e. The van der Waals surface area contributed by atoms with Gasteiger partial charge in [0.1, 0.15) is 5.82 Å². The molecule has 1 saturated heterocycles. The predicted molar refractivity (Wildman–Crippen MR) is 96.5 cm³/mol. The number of rotatable bonds is 3. The van der Waals surface area contributed by atoms with Crippen molar-refractivity contribution >= 4 is 11.7 Å². The van der Waals surface area contributed by atoms with Crippen molar-refractivity contribution in [3.8, 4) is 0 Å². The predicted octanol–water partition coefficient (Wildman–Crippen LogP) is 2.45. The number of anilines is 1. The number of aryl methyl sites for hydroxylation is 1. The fourth-order valence-corrected chi connectivity index (χ4v) is 2.89. The number of hydrogen-bond donors (Lipinski definition) is 1. The molecule has 1 N–H and O–H groups in total. The number of aromatic nitrogens is 4. The Morgan fingerprint density at radius 3 is 2.48 bits per heavy atom. The van der Waals surface area contributed by atoms with Crippen molar-refractivity contribution in [2.75, 3.05) is 18.4 Å². The molecule has 3 rings (SSSR count). The third kappa shape index (κ3) is 4.15. The zero-order valence-corrected chi connectivity index (χ0v) is 15.4. The first-order valence-corrected chi connectivity index (χ1v) is 8.74. The van der Waals surface area contributed by atoms with Crippen LogP contribution in [0.15, 0.2) is 24.5 Å². The van der Waals surface area contributed by atoms with E-state index in [1.807, 2.05) is 34.8 Å². The Morgan fingerprint density at radius 1 is 1.20 bits per heavy atom. The molecule has 0 bridgehead atoms. The van der Waals surface area contributed by atoms with Crippen LogP contribution in [0.25, 0.3) is 0 Å². The third-order valence-electron chi connectivity index (χ3n) is 4.45. The molecule has 0 unspecified atom stereocenters. The van der Waals surface area contributed by atoms with Gasteiger partial charge in [-0.25, -0.2) is 0 Å². The zero-order chi connectivity index (χ0) is 18.0. The van der Waals surface area contributed by atoms with Crippen molar-refractivity contribution in [3.05, 3.63) is 35.8 Å². The van der Waals surface area contributed by atoms with Crippen LogP contribution in [0.2, 0.25) is 0 Å². The number of piperidine rings is 1. The summed E-state index contributed by atoms with van der Waals surface area (Å²) in [6.45, 7) is 9.59. The summed E-state index contributed by atoms with van der Waals surface area (Å²) in [5.41, 5.74) is 1.44. The second-order valence-corrected chi connectivity index (χ2v) is 7.62. The molecule has 7 nitrogen and oxygen atoms in total. The molecule has 134 valence electrons. The number of carbonyl (C=O) groups excluding carboxylic acids is 1. The molecule has 0 radical (unpaired) electrons. The van der Waals surface area contributed by atoms with E-state index in [4.69, 9.17) is 0 Å². The van der Waals surface area contributed by atoms with Gasteiger partial charge >= 0.3 is 0 Å². The van der Waals surface area contributed by atoms with Crippen LogP contribution in [0.4, 0.5) is 5.82 Å². The highest BCUT2D eigenvalue weighted by Gasteiger charge is 2.25. The van der Waals surface area contributed by atoms with Gasteiger partial charge in [0, 0.05) is 25.3 Å². The molecule has 7 heteroatoms. The molecule has 1 amide bonds. The summed E-state index contributed by atoms with van der Waals surface area (Å²) >= 11 is 0. The summed E-state index contributed by atoms with van der Waals surface area (Å²) in [6.07, 6.45) is 5.30. The van der Waals surface area contributed by atoms with Crippen LogP contribution in [0, 0.1) is 6.92 Å². The van der Waals surface area contributed by atoms with Crippen molar-refractivity contribution in [3.63, 3.8) is 0 Å². The molecule has 0 saturated carbocycles. The summed E-state index contributed by atoms with van der Waals surface area (Å²) in [6, 6.07) is 4.21. The second-order valence-electron chi connectivity index (χ2n) is 7.62. The van der Waals surface area contributed by atoms with Gasteiger partial charge < -0.3 is 10.2 Å². The van der Waals surface area contributed by atoms with Crippen LogP contribution in [-0.2, 0) is 5.54 Å². The van der Waals surface area contributed by atoms with Crippen LogP contribution in [0.1, 0.15) is 49.7 Å². The lowest BCUT2D eigenvalue weighted by Crippen LogP contribution is -2.42. The minimum Gasteiger partial charge on any atom is -0.366 e. The number of nitrogens with zero attached hydrogens (tertiary/aromatic N) is 5. The van der Waals surface area contributed by atoms with Gasteiger partial charge in [-0.3, -0.25) is 9.48 Å². The van der Waals surface area contributed by atoms with Crippen LogP contribution in [-0.4, -0.2) is 49.9 Å². The Balaban J connectivity index is 1.55. The molecule has 0 aromatic carbocycles. The highest BCUT2D eigenvalue weighted by atomic mass is 16.2. The van der Waals surface area contributed by atoms with Crippen LogP contribution >= 0.6 is 0 Å². The van der Waals surface area contributed by atoms with Gasteiger partial charge in [0.15, 0.2) is 0 Å². The summed E-state index contributed by atoms with van der Waals surface area (Å²) in [4.78, 5) is 14.6. The Hall–Kier alpha value is -2.44. The maximum absolute atomic E-state index is 12.7. The van der Waals surface area contributed by atoms with Crippen molar-refractivity contribution in [1.29, 1.82) is 0 Å². The van der Waals surface area contributed by atoms with Crippen LogP contribution in [0.3, 0.4) is 0 Å². The van der Waals surface area contributed by atoms with Crippen molar-refractivity contribution in [2.24, 2.45) is 0 Å². The minimum atomic E-state index is -0.121. The van der Waals surface area contributed by atoms with E-state index < -0.39 is 0 Å². The fraction of sp³-hybridized carbons (Fsp3) is 0.556. The number of likely N-dealkylation sites (tertiary alicyclic amines) is 1. The highest BCUT2D eigenvalue weighted by molar-refractivity contribution is 5.93. The van der Waals surface area contributed by atoms with Gasteiger partial charge in [0.2, 0.25) is 0 Å². The van der Waals surface area contributed by atoms with Gasteiger partial charge in [-0.05, 0) is 52.7 Å². The quantitative estimate of drug-likeness (QED) is 0.927. The van der Waals surface area contributed by atoms with Gasteiger partial charge in [0.25, 0.3) is 5.91 Å². The average Bonchev–Trinajstić information content (AvgIpc) is 3.07. The molecular formula is C18H26N6O. The molecule has 2 aromatic heterocycles. The molecule has 25 heavy (non-hydrogen) atoms. The summed E-state index contributed by atoms with van der Waals surface area (Å²) in [7, 11) is 0. The van der Waals surface area contributed by atoms with E-state index in [1.165, 1.54) is 0 Å². The molecule has 3 heterocycles. The lowest BCUT2D eigenvalue weighted by Gasteiger charge is -2.32. The van der Waals surface area contributed by atoms with E-state index in [1.54, 1.807) is 6.20 Å². The zero-order valence-electron chi connectivity index (χ0n) is 15.4. The normalized spacial score (nSPS) is 16.1. The van der Waals surface area contributed by atoms with E-state index >= 15 is 0 Å². The topological polar surface area (TPSA) is 75.9 Å². The van der Waals surface area contributed by atoms with Gasteiger partial charge in [-0.2, -0.15) is 10.2 Å². The van der Waals surface area contributed by atoms with Crippen molar-refractivity contribution in [2.45, 2.75) is 52.1 Å². The smallest absolute Gasteiger partial charge is 0.257 e. The lowest BCUT2D eigenvalue weighted by atomic mass is 10.0. The molecule has 1 aliphatic heterocycles. The van der Waals surface area contributed by atoms with Gasteiger partial charge in [0.05, 0.1) is 23.0 Å². The van der Waals surface area contributed by atoms with E-state index in [2.05, 4.69) is 41.4 Å². The first kappa shape index (κ1) is 17.4. The standard InChI is InChI=1S/C18H26N6O/c1-13-5-6-16(22-21-13)20-15-7-9-23(10-8-15)17(25)14-11-19-24(12-14)18(2,3)4/h5-6,11-12,15H,7-10H2,1-4H3,(H,20,22). The second kappa shape index (κ2) is 6.82. The van der Waals surface area contributed by atoms with Gasteiger partial charge in [-0.15, -0.1) is 5.10 Å². The molecule has 1 aliphatic rings. The Kier molecular flexibility index (Phi) is 4.74. The van der Waals surface area contributed by atoms with Crippen LogP contribution < -0.4 is 5.32 Å². The number of amides is 1. The van der Waals surface area contributed by atoms with E-state index in [-0.39, 0.29) is 11.4 Å². The minimum absolute atomic E-state index is 0.0593. The third-order valence-corrected chi connectivity index (χ3v) is 4.45. The van der Waals surface area contributed by atoms with Gasteiger partial charge in [-0.1, -0.05) is 0 Å². The fourth-order valence-electron chi connectivity index (χ4n) is 2.89. The maximum atomic E-state index is 12.7. The molecular weight excluding hydrogens is 316 g/mol. The van der Waals surface area contributed by atoms with Crippen molar-refractivity contribution < 1.29 is 4.79 Å². The SMILES string of the molecule is Cc1ccc(NC2CCN(C(=O)c3cnn(C(C)(C)C)c3)CC2)nn1. The average molecular weight is 342 g/mol.